The van der Waals surface area contributed by atoms with Crippen molar-refractivity contribution in [2.75, 3.05) is 26.2 Å². The Balaban J connectivity index is 0.00000240. The van der Waals surface area contributed by atoms with Gasteiger partial charge in [0, 0.05) is 38.0 Å². The number of hydrogen-bond acceptors (Lipinski definition) is 3. The van der Waals surface area contributed by atoms with Crippen LogP contribution in [0.3, 0.4) is 0 Å². The minimum Gasteiger partial charge on any atom is -0.343 e. The SMILES string of the molecule is Cl.O=C(CCC1CCNC1)N1CCC(C(=O)N(Cc2ccccc2)C2CC2)CC1. The van der Waals surface area contributed by atoms with E-state index < -0.39 is 0 Å². The zero-order valence-corrected chi connectivity index (χ0v) is 18.0. The van der Waals surface area contributed by atoms with Crippen molar-refractivity contribution in [3.63, 3.8) is 0 Å². The van der Waals surface area contributed by atoms with E-state index in [1.807, 2.05) is 23.1 Å². The van der Waals surface area contributed by atoms with Gasteiger partial charge in [0.25, 0.3) is 0 Å². The third-order valence-corrected chi connectivity index (χ3v) is 6.59. The van der Waals surface area contributed by atoms with Crippen LogP contribution >= 0.6 is 12.4 Å². The van der Waals surface area contributed by atoms with Crippen LogP contribution in [0.4, 0.5) is 0 Å². The molecule has 4 rings (SSSR count). The van der Waals surface area contributed by atoms with Gasteiger partial charge >= 0.3 is 0 Å². The normalized spacial score (nSPS) is 22.2. The van der Waals surface area contributed by atoms with Gasteiger partial charge in [0.1, 0.15) is 0 Å². The van der Waals surface area contributed by atoms with Crippen LogP contribution in [0.5, 0.6) is 0 Å². The van der Waals surface area contributed by atoms with E-state index >= 15 is 0 Å². The van der Waals surface area contributed by atoms with E-state index in [0.29, 0.717) is 24.3 Å². The molecule has 5 nitrogen and oxygen atoms in total. The van der Waals surface area contributed by atoms with Crippen LogP contribution in [0.25, 0.3) is 0 Å². The van der Waals surface area contributed by atoms with Crippen molar-refractivity contribution in [1.82, 2.24) is 15.1 Å². The number of benzene rings is 1. The molecule has 160 valence electrons. The summed E-state index contributed by atoms with van der Waals surface area (Å²) in [5.74, 6) is 1.32. The number of carbonyl (C=O) groups excluding carboxylic acids is 2. The molecule has 0 spiro atoms. The summed E-state index contributed by atoms with van der Waals surface area (Å²) in [4.78, 5) is 29.8. The lowest BCUT2D eigenvalue weighted by molar-refractivity contribution is -0.141. The number of nitrogens with one attached hydrogen (secondary N) is 1. The highest BCUT2D eigenvalue weighted by molar-refractivity contribution is 5.85. The minimum absolute atomic E-state index is 0. The zero-order chi connectivity index (χ0) is 19.3. The van der Waals surface area contributed by atoms with Crippen LogP contribution in [0.1, 0.15) is 50.5 Å². The summed E-state index contributed by atoms with van der Waals surface area (Å²) in [6.07, 6.45) is 6.74. The lowest BCUT2D eigenvalue weighted by Gasteiger charge is -2.34. The van der Waals surface area contributed by atoms with Gasteiger partial charge in [-0.25, -0.2) is 0 Å². The number of carbonyl (C=O) groups is 2. The van der Waals surface area contributed by atoms with Crippen molar-refractivity contribution in [2.24, 2.45) is 11.8 Å². The highest BCUT2D eigenvalue weighted by Crippen LogP contribution is 2.32. The Morgan fingerprint density at radius 1 is 1.03 bits per heavy atom. The number of hydrogen-bond donors (Lipinski definition) is 1. The average molecular weight is 420 g/mol. The maximum absolute atomic E-state index is 13.2. The quantitative estimate of drug-likeness (QED) is 0.738. The molecule has 1 aromatic carbocycles. The molecule has 0 aromatic heterocycles. The second-order valence-electron chi connectivity index (χ2n) is 8.74. The monoisotopic (exact) mass is 419 g/mol. The van der Waals surface area contributed by atoms with Crippen LogP contribution in [0, 0.1) is 11.8 Å². The molecule has 2 amide bonds. The summed E-state index contributed by atoms with van der Waals surface area (Å²) in [5.41, 5.74) is 1.21. The van der Waals surface area contributed by atoms with Crippen LogP contribution in [0.15, 0.2) is 30.3 Å². The summed E-state index contributed by atoms with van der Waals surface area (Å²) in [6.45, 7) is 4.35. The predicted octanol–water partition coefficient (Wildman–Crippen LogP) is 3.23. The van der Waals surface area contributed by atoms with Crippen molar-refractivity contribution in [1.29, 1.82) is 0 Å². The van der Waals surface area contributed by atoms with Crippen LogP contribution in [0.2, 0.25) is 0 Å². The van der Waals surface area contributed by atoms with E-state index in [2.05, 4.69) is 22.3 Å². The molecule has 1 unspecified atom stereocenters. The molecule has 29 heavy (non-hydrogen) atoms. The Morgan fingerprint density at radius 3 is 2.38 bits per heavy atom. The fraction of sp³-hybridized carbons (Fsp3) is 0.652. The number of piperidine rings is 1. The van der Waals surface area contributed by atoms with Gasteiger partial charge in [-0.2, -0.15) is 0 Å². The highest BCUT2D eigenvalue weighted by atomic mass is 35.5. The molecule has 3 aliphatic rings. The third kappa shape index (κ3) is 5.95. The van der Waals surface area contributed by atoms with Gasteiger partial charge < -0.3 is 15.1 Å². The third-order valence-electron chi connectivity index (χ3n) is 6.59. The molecule has 2 heterocycles. The first kappa shape index (κ1) is 22.1. The maximum atomic E-state index is 13.2. The molecule has 1 atom stereocenters. The van der Waals surface area contributed by atoms with E-state index in [1.54, 1.807) is 0 Å². The number of rotatable bonds is 7. The van der Waals surface area contributed by atoms with Crippen LogP contribution < -0.4 is 5.32 Å². The molecule has 1 aromatic rings. The molecule has 0 radical (unpaired) electrons. The van der Waals surface area contributed by atoms with Crippen molar-refractivity contribution >= 4 is 24.2 Å². The fourth-order valence-electron chi connectivity index (χ4n) is 4.61. The molecule has 1 N–H and O–H groups in total. The van der Waals surface area contributed by atoms with E-state index in [1.165, 1.54) is 12.0 Å². The van der Waals surface area contributed by atoms with E-state index in [0.717, 1.165) is 64.8 Å². The van der Waals surface area contributed by atoms with E-state index in [4.69, 9.17) is 0 Å². The minimum atomic E-state index is 0. The smallest absolute Gasteiger partial charge is 0.226 e. The lowest BCUT2D eigenvalue weighted by Crippen LogP contribution is -2.45. The molecular formula is C23H34ClN3O2. The van der Waals surface area contributed by atoms with Crippen LogP contribution in [-0.4, -0.2) is 53.8 Å². The Labute approximate surface area is 180 Å². The molecule has 2 saturated heterocycles. The summed E-state index contributed by atoms with van der Waals surface area (Å²) in [7, 11) is 0. The van der Waals surface area contributed by atoms with Crippen molar-refractivity contribution in [3.05, 3.63) is 35.9 Å². The summed E-state index contributed by atoms with van der Waals surface area (Å²) in [6, 6.07) is 10.7. The van der Waals surface area contributed by atoms with Gasteiger partial charge in [0.15, 0.2) is 0 Å². The zero-order valence-electron chi connectivity index (χ0n) is 17.2. The average Bonchev–Trinajstić information content (AvgIpc) is 3.45. The first-order valence-corrected chi connectivity index (χ1v) is 11.0. The molecular weight excluding hydrogens is 386 g/mol. The summed E-state index contributed by atoms with van der Waals surface area (Å²) in [5, 5.41) is 3.37. The van der Waals surface area contributed by atoms with Gasteiger partial charge in [-0.1, -0.05) is 30.3 Å². The first-order chi connectivity index (χ1) is 13.7. The Kier molecular flexibility index (Phi) is 7.96. The topological polar surface area (TPSA) is 52.7 Å². The van der Waals surface area contributed by atoms with Crippen LogP contribution in [-0.2, 0) is 16.1 Å². The first-order valence-electron chi connectivity index (χ1n) is 11.0. The highest BCUT2D eigenvalue weighted by Gasteiger charge is 2.37. The van der Waals surface area contributed by atoms with Crippen molar-refractivity contribution in [2.45, 2.75) is 57.5 Å². The number of halogens is 1. The van der Waals surface area contributed by atoms with Gasteiger partial charge in [-0.05, 0) is 63.1 Å². The predicted molar refractivity (Wildman–Crippen MR) is 117 cm³/mol. The molecule has 1 saturated carbocycles. The van der Waals surface area contributed by atoms with Gasteiger partial charge in [0.2, 0.25) is 11.8 Å². The summed E-state index contributed by atoms with van der Waals surface area (Å²) >= 11 is 0. The van der Waals surface area contributed by atoms with E-state index in [-0.39, 0.29) is 24.2 Å². The lowest BCUT2D eigenvalue weighted by atomic mass is 9.94. The van der Waals surface area contributed by atoms with Gasteiger partial charge in [-0.15, -0.1) is 12.4 Å². The van der Waals surface area contributed by atoms with Crippen molar-refractivity contribution < 1.29 is 9.59 Å². The van der Waals surface area contributed by atoms with Gasteiger partial charge in [-0.3, -0.25) is 9.59 Å². The molecule has 1 aliphatic carbocycles. The van der Waals surface area contributed by atoms with Gasteiger partial charge in [0.05, 0.1) is 0 Å². The number of nitrogens with zero attached hydrogens (tertiary/aromatic N) is 2. The second-order valence-corrected chi connectivity index (χ2v) is 8.74. The molecule has 0 bridgehead atoms. The molecule has 2 aliphatic heterocycles. The Morgan fingerprint density at radius 2 is 1.76 bits per heavy atom. The Bertz CT molecular complexity index is 666. The Hall–Kier alpha value is -1.59. The fourth-order valence-corrected chi connectivity index (χ4v) is 4.61. The molecule has 6 heteroatoms. The number of amides is 2. The number of likely N-dealkylation sites (tertiary alicyclic amines) is 1. The standard InChI is InChI=1S/C23H33N3O2.ClH/c27-22(9-6-18-10-13-24-16-18)25-14-11-20(12-15-25)23(28)26(21-7-8-21)17-19-4-2-1-3-5-19;/h1-5,18,20-21,24H,6-17H2;1H. The van der Waals surface area contributed by atoms with E-state index in [9.17, 15) is 9.59 Å². The second kappa shape index (κ2) is 10.4. The largest absolute Gasteiger partial charge is 0.343 e. The maximum Gasteiger partial charge on any atom is 0.226 e. The summed E-state index contributed by atoms with van der Waals surface area (Å²) < 4.78 is 0. The molecule has 3 fully saturated rings. The van der Waals surface area contributed by atoms with Crippen molar-refractivity contribution in [3.8, 4) is 0 Å².